The van der Waals surface area contributed by atoms with Gasteiger partial charge in [0.15, 0.2) is 0 Å². The maximum atomic E-state index is 12.6. The Morgan fingerprint density at radius 3 is 2.60 bits per heavy atom. The van der Waals surface area contributed by atoms with E-state index < -0.39 is 0 Å². The topological polar surface area (TPSA) is 64.8 Å². The lowest BCUT2D eigenvalue weighted by atomic mass is 10.1. The molecule has 0 aliphatic carbocycles. The molecule has 20 heavy (non-hydrogen) atoms. The van der Waals surface area contributed by atoms with Gasteiger partial charge in [-0.2, -0.15) is 0 Å². The highest BCUT2D eigenvalue weighted by Gasteiger charge is 2.21. The Balaban J connectivity index is 2.93. The van der Waals surface area contributed by atoms with E-state index >= 15 is 0 Å². The van der Waals surface area contributed by atoms with Crippen LogP contribution in [-0.2, 0) is 9.47 Å². The van der Waals surface area contributed by atoms with Gasteiger partial charge < -0.3 is 20.1 Å². The third-order valence-electron chi connectivity index (χ3n) is 3.25. The van der Waals surface area contributed by atoms with Crippen molar-refractivity contribution in [2.45, 2.75) is 19.9 Å². The number of methoxy groups -OCH3 is 2. The van der Waals surface area contributed by atoms with E-state index in [1.807, 2.05) is 19.9 Å². The van der Waals surface area contributed by atoms with Crippen LogP contribution in [-0.4, -0.2) is 50.8 Å². The van der Waals surface area contributed by atoms with Crippen LogP contribution in [0.1, 0.15) is 22.8 Å². The highest BCUT2D eigenvalue weighted by Crippen LogP contribution is 2.15. The number of nitrogens with zero attached hydrogens (tertiary/aromatic N) is 1. The molecule has 1 unspecified atom stereocenters. The molecule has 1 aromatic carbocycles. The van der Waals surface area contributed by atoms with E-state index in [-0.39, 0.29) is 11.9 Å². The molecule has 0 heterocycles. The summed E-state index contributed by atoms with van der Waals surface area (Å²) in [5.41, 5.74) is 8.02. The summed E-state index contributed by atoms with van der Waals surface area (Å²) < 4.78 is 10.2. The van der Waals surface area contributed by atoms with Gasteiger partial charge in [-0.05, 0) is 37.6 Å². The van der Waals surface area contributed by atoms with Crippen molar-refractivity contribution in [2.24, 2.45) is 0 Å². The van der Waals surface area contributed by atoms with Gasteiger partial charge >= 0.3 is 0 Å². The average molecular weight is 280 g/mol. The summed E-state index contributed by atoms with van der Waals surface area (Å²) in [6, 6.07) is 5.32. The molecule has 1 rings (SSSR count). The van der Waals surface area contributed by atoms with E-state index in [9.17, 15) is 4.79 Å². The molecule has 0 aliphatic rings. The van der Waals surface area contributed by atoms with E-state index in [0.717, 1.165) is 5.56 Å². The van der Waals surface area contributed by atoms with E-state index in [2.05, 4.69) is 0 Å². The number of benzene rings is 1. The molecular formula is C15H24N2O3. The number of hydrogen-bond acceptors (Lipinski definition) is 4. The maximum absolute atomic E-state index is 12.6. The molecule has 0 saturated carbocycles. The molecule has 0 fully saturated rings. The van der Waals surface area contributed by atoms with Crippen LogP contribution in [0.3, 0.4) is 0 Å². The van der Waals surface area contributed by atoms with Crippen molar-refractivity contribution in [3.63, 3.8) is 0 Å². The summed E-state index contributed by atoms with van der Waals surface area (Å²) in [7, 11) is 3.25. The largest absolute Gasteiger partial charge is 0.399 e. The molecule has 0 aliphatic heterocycles. The van der Waals surface area contributed by atoms with Gasteiger partial charge in [-0.25, -0.2) is 0 Å². The van der Waals surface area contributed by atoms with Crippen molar-refractivity contribution < 1.29 is 14.3 Å². The zero-order chi connectivity index (χ0) is 15.1. The van der Waals surface area contributed by atoms with Crippen LogP contribution in [0.4, 0.5) is 5.69 Å². The lowest BCUT2D eigenvalue weighted by molar-refractivity contribution is 0.0479. The molecule has 0 saturated heterocycles. The Morgan fingerprint density at radius 2 is 2.05 bits per heavy atom. The predicted octanol–water partition coefficient (Wildman–Crippen LogP) is 1.70. The van der Waals surface area contributed by atoms with Gasteiger partial charge in [-0.15, -0.1) is 0 Å². The van der Waals surface area contributed by atoms with Gasteiger partial charge in [0.25, 0.3) is 5.91 Å². The van der Waals surface area contributed by atoms with Gasteiger partial charge in [0, 0.05) is 32.0 Å². The quantitative estimate of drug-likeness (QED) is 0.772. The second-order valence-electron chi connectivity index (χ2n) is 4.87. The zero-order valence-corrected chi connectivity index (χ0v) is 12.7. The third kappa shape index (κ3) is 4.21. The molecule has 5 heteroatoms. The van der Waals surface area contributed by atoms with Crippen LogP contribution >= 0.6 is 0 Å². The number of anilines is 1. The van der Waals surface area contributed by atoms with Gasteiger partial charge in [-0.3, -0.25) is 4.79 Å². The molecule has 1 amide bonds. The normalized spacial score (nSPS) is 12.2. The Kier molecular flexibility index (Phi) is 6.48. The number of nitrogen functional groups attached to an aromatic ring is 1. The van der Waals surface area contributed by atoms with Crippen molar-refractivity contribution in [3.05, 3.63) is 29.3 Å². The first-order valence-corrected chi connectivity index (χ1v) is 6.66. The fourth-order valence-electron chi connectivity index (χ4n) is 2.02. The number of aryl methyl sites for hydroxylation is 1. The molecule has 0 aromatic heterocycles. The van der Waals surface area contributed by atoms with Gasteiger partial charge in [-0.1, -0.05) is 0 Å². The molecule has 0 radical (unpaired) electrons. The van der Waals surface area contributed by atoms with Crippen molar-refractivity contribution in [1.82, 2.24) is 4.90 Å². The fraction of sp³-hybridized carbons (Fsp3) is 0.533. The molecule has 1 atom stereocenters. The van der Waals surface area contributed by atoms with Crippen LogP contribution in [0, 0.1) is 6.92 Å². The van der Waals surface area contributed by atoms with Crippen LogP contribution in [0.5, 0.6) is 0 Å². The first-order chi connectivity index (χ1) is 9.51. The third-order valence-corrected chi connectivity index (χ3v) is 3.25. The number of carbonyl (C=O) groups is 1. The van der Waals surface area contributed by atoms with Gasteiger partial charge in [0.1, 0.15) is 0 Å². The minimum Gasteiger partial charge on any atom is -0.399 e. The molecule has 5 nitrogen and oxygen atoms in total. The number of rotatable bonds is 7. The van der Waals surface area contributed by atoms with Gasteiger partial charge in [0.05, 0.1) is 19.3 Å². The molecular weight excluding hydrogens is 256 g/mol. The predicted molar refractivity (Wildman–Crippen MR) is 79.8 cm³/mol. The Morgan fingerprint density at radius 1 is 1.35 bits per heavy atom. The van der Waals surface area contributed by atoms with Crippen LogP contribution < -0.4 is 5.73 Å². The zero-order valence-electron chi connectivity index (χ0n) is 12.7. The molecule has 112 valence electrons. The van der Waals surface area contributed by atoms with Crippen LogP contribution in [0.15, 0.2) is 18.2 Å². The Bertz CT molecular complexity index is 449. The minimum absolute atomic E-state index is 0.0134. The monoisotopic (exact) mass is 280 g/mol. The summed E-state index contributed by atoms with van der Waals surface area (Å²) in [6.07, 6.45) is 0. The number of amides is 1. The first-order valence-electron chi connectivity index (χ1n) is 6.66. The number of ether oxygens (including phenoxy) is 2. The minimum atomic E-state index is -0.0327. The smallest absolute Gasteiger partial charge is 0.254 e. The summed E-state index contributed by atoms with van der Waals surface area (Å²) in [4.78, 5) is 14.4. The fourth-order valence-corrected chi connectivity index (χ4v) is 2.02. The summed E-state index contributed by atoms with van der Waals surface area (Å²) in [5.74, 6) is -0.0327. The SMILES string of the molecule is COCCN(C(=O)c1ccc(N)c(C)c1)C(C)COC. The van der Waals surface area contributed by atoms with Crippen molar-refractivity contribution in [2.75, 3.05) is 39.7 Å². The van der Waals surface area contributed by atoms with Crippen LogP contribution in [0.2, 0.25) is 0 Å². The number of carbonyl (C=O) groups excluding carboxylic acids is 1. The lowest BCUT2D eigenvalue weighted by Crippen LogP contribution is -2.43. The van der Waals surface area contributed by atoms with E-state index in [1.54, 1.807) is 31.3 Å². The maximum Gasteiger partial charge on any atom is 0.254 e. The molecule has 2 N–H and O–H groups in total. The lowest BCUT2D eigenvalue weighted by Gasteiger charge is -2.29. The highest BCUT2D eigenvalue weighted by molar-refractivity contribution is 5.95. The van der Waals surface area contributed by atoms with E-state index in [4.69, 9.17) is 15.2 Å². The second kappa shape index (κ2) is 7.87. The molecule has 1 aromatic rings. The number of hydrogen-bond donors (Lipinski definition) is 1. The average Bonchev–Trinajstić information content (AvgIpc) is 2.42. The van der Waals surface area contributed by atoms with Crippen molar-refractivity contribution >= 4 is 11.6 Å². The standard InChI is InChI=1S/C15H24N2O3/c1-11-9-13(5-6-14(11)16)15(18)17(7-8-19-3)12(2)10-20-4/h5-6,9,12H,7-8,10,16H2,1-4H3. The molecule has 0 bridgehead atoms. The van der Waals surface area contributed by atoms with Crippen molar-refractivity contribution in [1.29, 1.82) is 0 Å². The van der Waals surface area contributed by atoms with E-state index in [1.165, 1.54) is 0 Å². The van der Waals surface area contributed by atoms with E-state index in [0.29, 0.717) is 31.0 Å². The Hall–Kier alpha value is -1.59. The van der Waals surface area contributed by atoms with Crippen molar-refractivity contribution in [3.8, 4) is 0 Å². The Labute approximate surface area is 120 Å². The summed E-state index contributed by atoms with van der Waals surface area (Å²) >= 11 is 0. The van der Waals surface area contributed by atoms with Gasteiger partial charge in [0.2, 0.25) is 0 Å². The highest BCUT2D eigenvalue weighted by atomic mass is 16.5. The summed E-state index contributed by atoms with van der Waals surface area (Å²) in [5, 5.41) is 0. The summed E-state index contributed by atoms with van der Waals surface area (Å²) in [6.45, 7) is 5.37. The second-order valence-corrected chi connectivity index (χ2v) is 4.87. The molecule has 0 spiro atoms. The number of nitrogens with two attached hydrogens (primary N) is 1. The first kappa shape index (κ1) is 16.5. The van der Waals surface area contributed by atoms with Crippen LogP contribution in [0.25, 0.3) is 0 Å².